The molecular formula is C25H26F2N4O3. The number of aromatic carboxylic acids is 1. The zero-order chi connectivity index (χ0) is 24.3. The third kappa shape index (κ3) is 3.42. The summed E-state index contributed by atoms with van der Waals surface area (Å²) in [6, 6.07) is 8.87. The molecule has 7 nitrogen and oxygen atoms in total. The summed E-state index contributed by atoms with van der Waals surface area (Å²) in [6.07, 6.45) is 0.929. The summed E-state index contributed by atoms with van der Waals surface area (Å²) in [6.45, 7) is 2.70. The van der Waals surface area contributed by atoms with E-state index in [1.807, 2.05) is 35.2 Å². The Bertz CT molecular complexity index is 1360. The number of fused-ring (bicyclic) bond motifs is 1. The highest BCUT2D eigenvalue weighted by atomic mass is 19.1. The van der Waals surface area contributed by atoms with Gasteiger partial charge in [0.25, 0.3) is 0 Å². The van der Waals surface area contributed by atoms with Crippen molar-refractivity contribution < 1.29 is 18.7 Å². The molecule has 1 aromatic heterocycles. The highest BCUT2D eigenvalue weighted by molar-refractivity contribution is 6.01. The average molecular weight is 469 g/mol. The number of carboxylic acid groups (broad SMARTS) is 1. The van der Waals surface area contributed by atoms with Gasteiger partial charge in [0.05, 0.1) is 28.3 Å². The number of hydrogen-bond acceptors (Lipinski definition) is 5. The molecule has 0 radical (unpaired) electrons. The molecule has 3 aromatic rings. The van der Waals surface area contributed by atoms with Crippen LogP contribution < -0.4 is 21.8 Å². The summed E-state index contributed by atoms with van der Waals surface area (Å²) in [5.74, 6) is -2.15. The molecule has 1 aliphatic heterocycles. The van der Waals surface area contributed by atoms with Crippen molar-refractivity contribution in [2.75, 3.05) is 23.7 Å². The first kappa shape index (κ1) is 22.3. The van der Waals surface area contributed by atoms with Gasteiger partial charge in [0.1, 0.15) is 11.7 Å². The van der Waals surface area contributed by atoms with Crippen LogP contribution in [-0.2, 0) is 0 Å². The fourth-order valence-electron chi connectivity index (χ4n) is 5.24. The molecule has 178 valence electrons. The number of carboxylic acids is 1. The molecule has 0 spiro atoms. The normalized spacial score (nSPS) is 22.8. The minimum atomic E-state index is -1.46. The number of nitrogen functional groups attached to an aromatic ring is 1. The van der Waals surface area contributed by atoms with Crippen molar-refractivity contribution in [2.45, 2.75) is 38.0 Å². The highest BCUT2D eigenvalue weighted by Crippen LogP contribution is 2.45. The maximum atomic E-state index is 15.7. The lowest BCUT2D eigenvalue weighted by molar-refractivity contribution is 0.0694. The van der Waals surface area contributed by atoms with Crippen LogP contribution >= 0.6 is 0 Å². The van der Waals surface area contributed by atoms with Gasteiger partial charge in [0, 0.05) is 31.7 Å². The quantitative estimate of drug-likeness (QED) is 0.494. The van der Waals surface area contributed by atoms with Crippen molar-refractivity contribution in [3.63, 3.8) is 0 Å². The molecule has 1 saturated carbocycles. The smallest absolute Gasteiger partial charge is 0.341 e. The number of anilines is 2. The molecule has 9 heteroatoms. The lowest BCUT2D eigenvalue weighted by Gasteiger charge is -2.26. The van der Waals surface area contributed by atoms with Crippen LogP contribution in [0.25, 0.3) is 10.9 Å². The number of aryl methyl sites for hydroxylation is 1. The fraction of sp³-hybridized carbons (Fsp3) is 0.360. The zero-order valence-corrected chi connectivity index (χ0v) is 18.7. The first-order valence-corrected chi connectivity index (χ1v) is 11.3. The molecule has 0 amide bonds. The molecular weight excluding hydrogens is 442 g/mol. The number of halogens is 2. The number of nitrogens with zero attached hydrogens (tertiary/aromatic N) is 2. The van der Waals surface area contributed by atoms with Gasteiger partial charge in [-0.1, -0.05) is 30.3 Å². The van der Waals surface area contributed by atoms with Gasteiger partial charge < -0.3 is 26.0 Å². The summed E-state index contributed by atoms with van der Waals surface area (Å²) in [5.41, 5.74) is 12.7. The number of alkyl halides is 1. The number of aromatic nitrogens is 1. The van der Waals surface area contributed by atoms with Crippen LogP contribution in [0.5, 0.6) is 0 Å². The maximum absolute atomic E-state index is 15.7. The van der Waals surface area contributed by atoms with E-state index in [1.165, 1.54) is 4.57 Å². The molecule has 2 fully saturated rings. The lowest BCUT2D eigenvalue weighted by Crippen LogP contribution is -2.28. The van der Waals surface area contributed by atoms with E-state index in [-0.39, 0.29) is 35.0 Å². The number of pyridine rings is 1. The summed E-state index contributed by atoms with van der Waals surface area (Å²) >= 11 is 0. The molecule has 2 heterocycles. The molecule has 5 N–H and O–H groups in total. The van der Waals surface area contributed by atoms with Crippen molar-refractivity contribution in [1.82, 2.24) is 4.57 Å². The van der Waals surface area contributed by atoms with Crippen LogP contribution in [0.15, 0.2) is 41.3 Å². The number of benzene rings is 2. The number of rotatable bonds is 5. The van der Waals surface area contributed by atoms with Gasteiger partial charge in [0.2, 0.25) is 5.43 Å². The molecule has 5 rings (SSSR count). The van der Waals surface area contributed by atoms with E-state index in [9.17, 15) is 19.1 Å². The number of hydrogen-bond donors (Lipinski definition) is 3. The van der Waals surface area contributed by atoms with Crippen molar-refractivity contribution in [3.05, 3.63) is 69.3 Å². The second kappa shape index (κ2) is 8.09. The van der Waals surface area contributed by atoms with Crippen LogP contribution in [-0.4, -0.2) is 34.9 Å². The lowest BCUT2D eigenvalue weighted by atomic mass is 9.93. The number of nitrogens with two attached hydrogens (primary N) is 2. The largest absolute Gasteiger partial charge is 0.477 e. The Balaban J connectivity index is 1.63. The monoisotopic (exact) mass is 468 g/mol. The van der Waals surface area contributed by atoms with E-state index in [0.717, 1.165) is 18.2 Å². The topological polar surface area (TPSA) is 115 Å². The van der Waals surface area contributed by atoms with Crippen LogP contribution in [0.1, 0.15) is 46.4 Å². The van der Waals surface area contributed by atoms with Gasteiger partial charge in [-0.05, 0) is 30.4 Å². The van der Waals surface area contributed by atoms with Crippen molar-refractivity contribution in [3.8, 4) is 0 Å². The van der Waals surface area contributed by atoms with Gasteiger partial charge in [-0.25, -0.2) is 13.6 Å². The van der Waals surface area contributed by atoms with Crippen molar-refractivity contribution in [1.29, 1.82) is 0 Å². The Labute approximate surface area is 194 Å². The first-order chi connectivity index (χ1) is 16.2. The highest BCUT2D eigenvalue weighted by Gasteiger charge is 2.41. The maximum Gasteiger partial charge on any atom is 0.341 e. The Kier molecular flexibility index (Phi) is 5.31. The third-order valence-electron chi connectivity index (χ3n) is 7.16. The molecule has 2 aromatic carbocycles. The van der Waals surface area contributed by atoms with Gasteiger partial charge in [-0.2, -0.15) is 0 Å². The zero-order valence-electron chi connectivity index (χ0n) is 18.7. The molecule has 1 saturated heterocycles. The summed E-state index contributed by atoms with van der Waals surface area (Å²) in [4.78, 5) is 26.5. The van der Waals surface area contributed by atoms with E-state index in [1.54, 1.807) is 6.92 Å². The van der Waals surface area contributed by atoms with Crippen LogP contribution in [0.2, 0.25) is 0 Å². The van der Waals surface area contributed by atoms with Gasteiger partial charge in [-0.3, -0.25) is 4.79 Å². The van der Waals surface area contributed by atoms with Crippen LogP contribution in [0, 0.1) is 18.7 Å². The molecule has 1 aliphatic carbocycles. The Morgan fingerprint density at radius 2 is 1.94 bits per heavy atom. The minimum absolute atomic E-state index is 0.0772. The second-order valence-electron chi connectivity index (χ2n) is 9.26. The Morgan fingerprint density at radius 3 is 2.56 bits per heavy atom. The van der Waals surface area contributed by atoms with Gasteiger partial charge in [-0.15, -0.1) is 0 Å². The molecule has 0 bridgehead atoms. The second-order valence-corrected chi connectivity index (χ2v) is 9.26. The number of carbonyl (C=O) groups is 1. The van der Waals surface area contributed by atoms with E-state index in [0.29, 0.717) is 18.7 Å². The van der Waals surface area contributed by atoms with E-state index in [4.69, 9.17) is 11.5 Å². The Hall–Kier alpha value is -3.46. The average Bonchev–Trinajstić information content (AvgIpc) is 3.35. The van der Waals surface area contributed by atoms with Crippen molar-refractivity contribution in [2.24, 2.45) is 11.7 Å². The van der Waals surface area contributed by atoms with Gasteiger partial charge >= 0.3 is 5.97 Å². The van der Waals surface area contributed by atoms with Gasteiger partial charge in [0.15, 0.2) is 5.82 Å². The predicted octanol–water partition coefficient (Wildman–Crippen LogP) is 3.54. The SMILES string of the molecule is Cc1c(N2CC[C@@H](C(N)c3ccccc3)C2)c(F)c(N)c2c(=O)c(C(=O)O)cn([C@@H]3C[C@@H]3F)c12. The summed E-state index contributed by atoms with van der Waals surface area (Å²) in [5, 5.41) is 9.27. The van der Waals surface area contributed by atoms with Crippen LogP contribution in [0.4, 0.5) is 20.2 Å². The first-order valence-electron chi connectivity index (χ1n) is 11.3. The fourth-order valence-corrected chi connectivity index (χ4v) is 5.24. The third-order valence-corrected chi connectivity index (χ3v) is 7.16. The molecule has 2 aliphatic rings. The Morgan fingerprint density at radius 1 is 1.26 bits per heavy atom. The van der Waals surface area contributed by atoms with E-state index >= 15 is 4.39 Å². The molecule has 4 atom stereocenters. The molecule has 1 unspecified atom stereocenters. The van der Waals surface area contributed by atoms with Crippen LogP contribution in [0.3, 0.4) is 0 Å². The standard InChI is InChI=1S/C25H26F2N4O3/c1-12-22-18(24(32)15(25(33)34)11-31(22)17-9-16(17)26)21(29)19(27)23(12)30-8-7-14(10-30)20(28)13-5-3-2-4-6-13/h2-6,11,14,16-17,20H,7-10,28-29H2,1H3,(H,33,34)/t14-,16+,17-,20?/m1/s1. The molecule has 34 heavy (non-hydrogen) atoms. The minimum Gasteiger partial charge on any atom is -0.477 e. The van der Waals surface area contributed by atoms with E-state index < -0.39 is 40.7 Å². The summed E-state index contributed by atoms with van der Waals surface area (Å²) < 4.78 is 31.2. The predicted molar refractivity (Wildman–Crippen MR) is 127 cm³/mol. The van der Waals surface area contributed by atoms with Crippen molar-refractivity contribution >= 4 is 28.2 Å². The summed E-state index contributed by atoms with van der Waals surface area (Å²) in [7, 11) is 0. The van der Waals surface area contributed by atoms with E-state index in [2.05, 4.69) is 0 Å².